The van der Waals surface area contributed by atoms with Gasteiger partial charge in [-0.15, -0.1) is 0 Å². The molecule has 0 bridgehead atoms. The Morgan fingerprint density at radius 1 is 1.44 bits per heavy atom. The van der Waals surface area contributed by atoms with E-state index in [0.29, 0.717) is 24.3 Å². The van der Waals surface area contributed by atoms with E-state index in [9.17, 15) is 13.2 Å². The zero-order valence-electron chi connectivity index (χ0n) is 9.63. The maximum Gasteiger partial charge on any atom is 0.401 e. The quantitative estimate of drug-likeness (QED) is 0.922. The number of nitrogens with one attached hydrogen (secondary N) is 1. The van der Waals surface area contributed by atoms with Gasteiger partial charge in [0.1, 0.15) is 5.76 Å². The fourth-order valence-corrected chi connectivity index (χ4v) is 2.43. The first-order chi connectivity index (χ1) is 8.42. The van der Waals surface area contributed by atoms with Crippen molar-refractivity contribution in [1.82, 2.24) is 10.2 Å². The van der Waals surface area contributed by atoms with Gasteiger partial charge in [-0.2, -0.15) is 13.2 Å². The predicted octanol–water partition coefficient (Wildman–Crippen LogP) is 2.77. The Morgan fingerprint density at radius 2 is 2.22 bits per heavy atom. The van der Waals surface area contributed by atoms with Crippen LogP contribution in [0.5, 0.6) is 0 Å². The van der Waals surface area contributed by atoms with Gasteiger partial charge in [0, 0.05) is 19.1 Å². The van der Waals surface area contributed by atoms with E-state index in [-0.39, 0.29) is 6.04 Å². The summed E-state index contributed by atoms with van der Waals surface area (Å²) in [5.74, 6) is 0.774. The van der Waals surface area contributed by atoms with Gasteiger partial charge in [0.25, 0.3) is 0 Å². The molecule has 0 aliphatic carbocycles. The van der Waals surface area contributed by atoms with Gasteiger partial charge in [-0.3, -0.25) is 4.90 Å². The molecule has 7 heteroatoms. The molecule has 1 aliphatic rings. The lowest BCUT2D eigenvalue weighted by Gasteiger charge is -2.18. The second kappa shape index (κ2) is 5.63. The summed E-state index contributed by atoms with van der Waals surface area (Å²) in [7, 11) is 0. The highest BCUT2D eigenvalue weighted by atomic mass is 79.9. The number of furan rings is 1. The predicted molar refractivity (Wildman–Crippen MR) is 64.1 cm³/mol. The first kappa shape index (κ1) is 13.9. The van der Waals surface area contributed by atoms with Crippen LogP contribution in [-0.4, -0.2) is 36.8 Å². The van der Waals surface area contributed by atoms with E-state index in [4.69, 9.17) is 4.42 Å². The molecule has 1 unspecified atom stereocenters. The molecule has 0 spiro atoms. The van der Waals surface area contributed by atoms with E-state index >= 15 is 0 Å². The number of halogens is 4. The van der Waals surface area contributed by atoms with Crippen LogP contribution in [0.3, 0.4) is 0 Å². The summed E-state index contributed by atoms with van der Waals surface area (Å²) in [6.07, 6.45) is -3.38. The third-order valence-electron chi connectivity index (χ3n) is 2.87. The number of hydrogen-bond acceptors (Lipinski definition) is 3. The van der Waals surface area contributed by atoms with Crippen molar-refractivity contribution < 1.29 is 17.6 Å². The Kier molecular flexibility index (Phi) is 4.34. The SMILES string of the molecule is FC(F)(F)CN1CCC(NCc2ccc(Br)o2)C1. The van der Waals surface area contributed by atoms with E-state index in [0.717, 1.165) is 12.2 Å². The summed E-state index contributed by atoms with van der Waals surface area (Å²) in [4.78, 5) is 1.43. The van der Waals surface area contributed by atoms with Gasteiger partial charge < -0.3 is 9.73 Å². The smallest absolute Gasteiger partial charge is 0.401 e. The number of rotatable bonds is 4. The molecule has 2 heterocycles. The Labute approximate surface area is 111 Å². The average Bonchev–Trinajstić information content (AvgIpc) is 2.82. The topological polar surface area (TPSA) is 28.4 Å². The number of hydrogen-bond donors (Lipinski definition) is 1. The Hall–Kier alpha value is -0.530. The summed E-state index contributed by atoms with van der Waals surface area (Å²) >= 11 is 3.20. The second-order valence-corrected chi connectivity index (χ2v) is 5.20. The van der Waals surface area contributed by atoms with Crippen molar-refractivity contribution in [2.24, 2.45) is 0 Å². The number of nitrogens with zero attached hydrogens (tertiary/aromatic N) is 1. The maximum absolute atomic E-state index is 12.2. The van der Waals surface area contributed by atoms with Crippen LogP contribution in [-0.2, 0) is 6.54 Å². The molecule has 1 atom stereocenters. The minimum Gasteiger partial charge on any atom is -0.453 e. The zero-order valence-corrected chi connectivity index (χ0v) is 11.2. The highest BCUT2D eigenvalue weighted by Gasteiger charge is 2.34. The van der Waals surface area contributed by atoms with Gasteiger partial charge in [0.15, 0.2) is 4.67 Å². The van der Waals surface area contributed by atoms with Gasteiger partial charge in [-0.1, -0.05) is 0 Å². The van der Waals surface area contributed by atoms with Gasteiger partial charge >= 0.3 is 6.18 Å². The Balaban J connectivity index is 1.73. The molecule has 1 aromatic heterocycles. The molecule has 1 saturated heterocycles. The molecule has 0 amide bonds. The molecule has 0 saturated carbocycles. The normalized spacial score (nSPS) is 21.7. The number of likely N-dealkylation sites (tertiary alicyclic amines) is 1. The van der Waals surface area contributed by atoms with Crippen molar-refractivity contribution >= 4 is 15.9 Å². The fourth-order valence-electron chi connectivity index (χ4n) is 2.09. The largest absolute Gasteiger partial charge is 0.453 e. The molecular formula is C11H14BrF3N2O. The minimum absolute atomic E-state index is 0.0937. The van der Waals surface area contributed by atoms with Crippen LogP contribution in [0.2, 0.25) is 0 Å². The van der Waals surface area contributed by atoms with Crippen LogP contribution < -0.4 is 5.32 Å². The third-order valence-corrected chi connectivity index (χ3v) is 3.30. The van der Waals surface area contributed by atoms with Crippen molar-refractivity contribution in [3.05, 3.63) is 22.6 Å². The summed E-state index contributed by atoms with van der Waals surface area (Å²) < 4.78 is 42.6. The summed E-state index contributed by atoms with van der Waals surface area (Å²) in [5.41, 5.74) is 0. The van der Waals surface area contributed by atoms with E-state index in [1.807, 2.05) is 6.07 Å². The fraction of sp³-hybridized carbons (Fsp3) is 0.636. The van der Waals surface area contributed by atoms with Gasteiger partial charge in [0.2, 0.25) is 0 Å². The summed E-state index contributed by atoms with van der Waals surface area (Å²) in [6, 6.07) is 3.72. The van der Waals surface area contributed by atoms with E-state index in [2.05, 4.69) is 21.2 Å². The summed E-state index contributed by atoms with van der Waals surface area (Å²) in [6.45, 7) is 0.633. The zero-order chi connectivity index (χ0) is 13.2. The van der Waals surface area contributed by atoms with Crippen LogP contribution >= 0.6 is 15.9 Å². The summed E-state index contributed by atoms with van der Waals surface area (Å²) in [5, 5.41) is 3.20. The van der Waals surface area contributed by atoms with Crippen LogP contribution in [0.25, 0.3) is 0 Å². The molecule has 1 fully saturated rings. The minimum atomic E-state index is -4.11. The van der Waals surface area contributed by atoms with Crippen molar-refractivity contribution in [3.63, 3.8) is 0 Å². The maximum atomic E-state index is 12.2. The third kappa shape index (κ3) is 4.29. The molecule has 102 valence electrons. The van der Waals surface area contributed by atoms with Crippen molar-refractivity contribution in [2.45, 2.75) is 25.2 Å². The molecule has 0 radical (unpaired) electrons. The molecule has 3 nitrogen and oxygen atoms in total. The van der Waals surface area contributed by atoms with Crippen LogP contribution in [0.4, 0.5) is 13.2 Å². The molecule has 1 aromatic rings. The van der Waals surface area contributed by atoms with Crippen LogP contribution in [0, 0.1) is 0 Å². The van der Waals surface area contributed by atoms with Crippen molar-refractivity contribution in [1.29, 1.82) is 0 Å². The van der Waals surface area contributed by atoms with E-state index in [1.165, 1.54) is 4.90 Å². The van der Waals surface area contributed by atoms with Gasteiger partial charge in [0.05, 0.1) is 13.1 Å². The van der Waals surface area contributed by atoms with Crippen molar-refractivity contribution in [2.75, 3.05) is 19.6 Å². The lowest BCUT2D eigenvalue weighted by atomic mass is 10.2. The van der Waals surface area contributed by atoms with Gasteiger partial charge in [-0.05, 0) is 34.5 Å². The highest BCUT2D eigenvalue weighted by Crippen LogP contribution is 2.20. The first-order valence-electron chi connectivity index (χ1n) is 5.69. The molecule has 2 rings (SSSR count). The van der Waals surface area contributed by atoms with Crippen LogP contribution in [0.15, 0.2) is 21.2 Å². The highest BCUT2D eigenvalue weighted by molar-refractivity contribution is 9.10. The van der Waals surface area contributed by atoms with E-state index < -0.39 is 12.7 Å². The molecule has 1 aliphatic heterocycles. The van der Waals surface area contributed by atoms with E-state index in [1.54, 1.807) is 6.07 Å². The Bertz CT molecular complexity index is 394. The lowest BCUT2D eigenvalue weighted by molar-refractivity contribution is -0.143. The number of alkyl halides is 3. The monoisotopic (exact) mass is 326 g/mol. The molecule has 1 N–H and O–H groups in total. The van der Waals surface area contributed by atoms with Crippen LogP contribution in [0.1, 0.15) is 12.2 Å². The Morgan fingerprint density at radius 3 is 2.83 bits per heavy atom. The average molecular weight is 327 g/mol. The second-order valence-electron chi connectivity index (χ2n) is 4.42. The molecule has 18 heavy (non-hydrogen) atoms. The standard InChI is InChI=1S/C11H14BrF3N2O/c12-10-2-1-9(18-10)5-16-8-3-4-17(6-8)7-11(13,14)15/h1-2,8,16H,3-7H2. The van der Waals surface area contributed by atoms with Gasteiger partial charge in [-0.25, -0.2) is 0 Å². The molecule has 0 aromatic carbocycles. The molecular weight excluding hydrogens is 313 g/mol. The first-order valence-corrected chi connectivity index (χ1v) is 6.48. The lowest BCUT2D eigenvalue weighted by Crippen LogP contribution is -2.36. The van der Waals surface area contributed by atoms with Crippen molar-refractivity contribution in [3.8, 4) is 0 Å².